The summed E-state index contributed by atoms with van der Waals surface area (Å²) in [7, 11) is 0. The van der Waals surface area contributed by atoms with E-state index in [4.69, 9.17) is 16.9 Å². The molecule has 0 unspecified atom stereocenters. The number of carbonyl (C=O) groups is 1. The highest BCUT2D eigenvalue weighted by Crippen LogP contribution is 2.28. The molecule has 0 radical (unpaired) electrons. The van der Waals surface area contributed by atoms with Gasteiger partial charge in [0.2, 0.25) is 0 Å². The van der Waals surface area contributed by atoms with Crippen LogP contribution in [0.15, 0.2) is 18.2 Å². The summed E-state index contributed by atoms with van der Waals surface area (Å²) in [6.07, 6.45) is 12.6. The minimum absolute atomic E-state index is 0.0113. The van der Waals surface area contributed by atoms with E-state index in [1.54, 1.807) is 12.1 Å². The van der Waals surface area contributed by atoms with Gasteiger partial charge in [0.15, 0.2) is 6.61 Å². The zero-order chi connectivity index (χ0) is 14.4. The SMILES string of the molecule is C#CCOC(=O)c1ccc(CC2CCCCC2)c(N)c1. The van der Waals surface area contributed by atoms with Gasteiger partial charge < -0.3 is 10.5 Å². The van der Waals surface area contributed by atoms with Gasteiger partial charge in [-0.15, -0.1) is 6.42 Å². The van der Waals surface area contributed by atoms with Crippen LogP contribution in [0.4, 0.5) is 5.69 Å². The van der Waals surface area contributed by atoms with Crippen molar-refractivity contribution in [3.05, 3.63) is 29.3 Å². The summed E-state index contributed by atoms with van der Waals surface area (Å²) in [4.78, 5) is 11.7. The minimum atomic E-state index is -0.418. The molecule has 0 heterocycles. The number of anilines is 1. The summed E-state index contributed by atoms with van der Waals surface area (Å²) in [5.74, 6) is 2.58. The number of hydrogen-bond acceptors (Lipinski definition) is 3. The van der Waals surface area contributed by atoms with Gasteiger partial charge in [-0.05, 0) is 30.0 Å². The first-order valence-electron chi connectivity index (χ1n) is 7.19. The van der Waals surface area contributed by atoms with Crippen LogP contribution in [0, 0.1) is 18.3 Å². The number of ether oxygens (including phenoxy) is 1. The van der Waals surface area contributed by atoms with Crippen LogP contribution in [0.5, 0.6) is 0 Å². The third-order valence-electron chi connectivity index (χ3n) is 3.90. The van der Waals surface area contributed by atoms with E-state index in [1.807, 2.05) is 6.07 Å². The molecule has 1 aromatic carbocycles. The summed E-state index contributed by atoms with van der Waals surface area (Å²) in [5, 5.41) is 0. The van der Waals surface area contributed by atoms with Crippen LogP contribution in [0.25, 0.3) is 0 Å². The van der Waals surface area contributed by atoms with Gasteiger partial charge >= 0.3 is 5.97 Å². The van der Waals surface area contributed by atoms with Crippen LogP contribution < -0.4 is 5.73 Å². The molecular formula is C17H21NO2. The lowest BCUT2D eigenvalue weighted by Crippen LogP contribution is -2.11. The van der Waals surface area contributed by atoms with Crippen molar-refractivity contribution in [2.75, 3.05) is 12.3 Å². The number of nitrogen functional groups attached to an aromatic ring is 1. The van der Waals surface area contributed by atoms with Gasteiger partial charge in [0.1, 0.15) is 0 Å². The number of rotatable bonds is 4. The van der Waals surface area contributed by atoms with Crippen molar-refractivity contribution < 1.29 is 9.53 Å². The summed E-state index contributed by atoms with van der Waals surface area (Å²) in [6, 6.07) is 5.40. The number of benzene rings is 1. The second-order valence-corrected chi connectivity index (χ2v) is 5.40. The summed E-state index contributed by atoms with van der Waals surface area (Å²) >= 11 is 0. The highest BCUT2D eigenvalue weighted by Gasteiger charge is 2.16. The van der Waals surface area contributed by atoms with Gasteiger partial charge in [-0.25, -0.2) is 4.79 Å². The molecule has 0 atom stereocenters. The van der Waals surface area contributed by atoms with Crippen molar-refractivity contribution in [3.63, 3.8) is 0 Å². The van der Waals surface area contributed by atoms with Crippen LogP contribution in [0.1, 0.15) is 48.0 Å². The van der Waals surface area contributed by atoms with E-state index in [-0.39, 0.29) is 6.61 Å². The normalized spacial score (nSPS) is 15.6. The molecule has 2 rings (SSSR count). The van der Waals surface area contributed by atoms with E-state index in [1.165, 1.54) is 32.1 Å². The Balaban J connectivity index is 2.01. The van der Waals surface area contributed by atoms with Crippen molar-refractivity contribution in [3.8, 4) is 12.3 Å². The van der Waals surface area contributed by atoms with E-state index in [9.17, 15) is 4.79 Å². The summed E-state index contributed by atoms with van der Waals surface area (Å²) in [5.41, 5.74) is 8.32. The average Bonchev–Trinajstić information content (AvgIpc) is 2.48. The Morgan fingerprint density at radius 2 is 2.10 bits per heavy atom. The molecular weight excluding hydrogens is 250 g/mol. The topological polar surface area (TPSA) is 52.3 Å². The fourth-order valence-corrected chi connectivity index (χ4v) is 2.80. The molecule has 0 aromatic heterocycles. The number of hydrogen-bond donors (Lipinski definition) is 1. The summed E-state index contributed by atoms with van der Waals surface area (Å²) in [6.45, 7) is -0.0113. The number of terminal acetylenes is 1. The zero-order valence-electron chi connectivity index (χ0n) is 11.7. The first-order chi connectivity index (χ1) is 9.70. The molecule has 1 aromatic rings. The molecule has 0 amide bonds. The molecule has 2 N–H and O–H groups in total. The van der Waals surface area contributed by atoms with Crippen molar-refractivity contribution >= 4 is 11.7 Å². The quantitative estimate of drug-likeness (QED) is 0.520. The molecule has 1 saturated carbocycles. The first-order valence-corrected chi connectivity index (χ1v) is 7.19. The van der Waals surface area contributed by atoms with Crippen molar-refractivity contribution in [1.29, 1.82) is 0 Å². The van der Waals surface area contributed by atoms with Gasteiger partial charge in [0, 0.05) is 5.69 Å². The van der Waals surface area contributed by atoms with E-state index in [2.05, 4.69) is 5.92 Å². The third kappa shape index (κ3) is 3.77. The zero-order valence-corrected chi connectivity index (χ0v) is 11.7. The lowest BCUT2D eigenvalue weighted by molar-refractivity contribution is 0.0557. The molecule has 1 aliphatic rings. The number of nitrogens with two attached hydrogens (primary N) is 1. The maximum Gasteiger partial charge on any atom is 0.339 e. The molecule has 0 spiro atoms. The van der Waals surface area contributed by atoms with Gasteiger partial charge in [-0.2, -0.15) is 0 Å². The Hall–Kier alpha value is -1.95. The number of esters is 1. The van der Waals surface area contributed by atoms with E-state index in [0.717, 1.165) is 17.9 Å². The molecule has 3 heteroatoms. The predicted octanol–water partition coefficient (Wildman–Crippen LogP) is 3.18. The maximum absolute atomic E-state index is 11.7. The number of carbonyl (C=O) groups excluding carboxylic acids is 1. The van der Waals surface area contributed by atoms with Crippen LogP contribution >= 0.6 is 0 Å². The Bertz CT molecular complexity index is 510. The second kappa shape index (κ2) is 7.00. The molecule has 1 aliphatic carbocycles. The Morgan fingerprint density at radius 3 is 2.75 bits per heavy atom. The average molecular weight is 271 g/mol. The second-order valence-electron chi connectivity index (χ2n) is 5.40. The molecule has 1 fully saturated rings. The molecule has 3 nitrogen and oxygen atoms in total. The minimum Gasteiger partial charge on any atom is -0.449 e. The Morgan fingerprint density at radius 1 is 1.35 bits per heavy atom. The van der Waals surface area contributed by atoms with Crippen LogP contribution in [0.2, 0.25) is 0 Å². The van der Waals surface area contributed by atoms with Gasteiger partial charge in [-0.1, -0.05) is 44.1 Å². The molecule has 106 valence electrons. The highest BCUT2D eigenvalue weighted by molar-refractivity contribution is 5.90. The highest BCUT2D eigenvalue weighted by atomic mass is 16.5. The maximum atomic E-state index is 11.7. The molecule has 0 saturated heterocycles. The summed E-state index contributed by atoms with van der Waals surface area (Å²) < 4.78 is 4.89. The van der Waals surface area contributed by atoms with Gasteiger partial charge in [-0.3, -0.25) is 0 Å². The first kappa shape index (κ1) is 14.5. The van der Waals surface area contributed by atoms with Gasteiger partial charge in [0.25, 0.3) is 0 Å². The van der Waals surface area contributed by atoms with Crippen molar-refractivity contribution in [2.45, 2.75) is 38.5 Å². The Kier molecular flexibility index (Phi) is 5.06. The van der Waals surface area contributed by atoms with Crippen LogP contribution in [0.3, 0.4) is 0 Å². The van der Waals surface area contributed by atoms with Crippen LogP contribution in [-0.4, -0.2) is 12.6 Å². The lowest BCUT2D eigenvalue weighted by Gasteiger charge is -2.22. The Labute approximate surface area is 120 Å². The van der Waals surface area contributed by atoms with Crippen LogP contribution in [-0.2, 0) is 11.2 Å². The fourth-order valence-electron chi connectivity index (χ4n) is 2.80. The lowest BCUT2D eigenvalue weighted by atomic mass is 9.84. The van der Waals surface area contributed by atoms with Crippen molar-refractivity contribution in [2.24, 2.45) is 5.92 Å². The monoisotopic (exact) mass is 271 g/mol. The van der Waals surface area contributed by atoms with E-state index >= 15 is 0 Å². The van der Waals surface area contributed by atoms with Gasteiger partial charge in [0.05, 0.1) is 5.56 Å². The molecule has 0 bridgehead atoms. The van der Waals surface area contributed by atoms with E-state index in [0.29, 0.717) is 11.3 Å². The molecule has 0 aliphatic heterocycles. The standard InChI is InChI=1S/C17H21NO2/c1-2-10-20-17(19)15-9-8-14(16(18)12-15)11-13-6-4-3-5-7-13/h1,8-9,12-13H,3-7,10-11,18H2. The largest absolute Gasteiger partial charge is 0.449 e. The fraction of sp³-hybridized carbons (Fsp3) is 0.471. The van der Waals surface area contributed by atoms with Crippen molar-refractivity contribution in [1.82, 2.24) is 0 Å². The smallest absolute Gasteiger partial charge is 0.339 e. The van der Waals surface area contributed by atoms with E-state index < -0.39 is 5.97 Å². The third-order valence-corrected chi connectivity index (χ3v) is 3.90. The molecule has 20 heavy (non-hydrogen) atoms. The predicted molar refractivity (Wildman–Crippen MR) is 80.2 cm³/mol.